The highest BCUT2D eigenvalue weighted by Crippen LogP contribution is 2.37. The van der Waals surface area contributed by atoms with Gasteiger partial charge in [0.1, 0.15) is 23.0 Å². The van der Waals surface area contributed by atoms with Crippen LogP contribution in [0.15, 0.2) is 18.3 Å². The van der Waals surface area contributed by atoms with Gasteiger partial charge in [-0.15, -0.1) is 0 Å². The Balaban J connectivity index is 2.26. The average Bonchev–Trinajstić information content (AvgIpc) is 2.88. The maximum atomic E-state index is 6.24. The Bertz CT molecular complexity index is 929. The lowest BCUT2D eigenvalue weighted by Gasteiger charge is -2.16. The van der Waals surface area contributed by atoms with Crippen LogP contribution in [0.25, 0.3) is 22.2 Å². The third-order valence-electron chi connectivity index (χ3n) is 5.03. The van der Waals surface area contributed by atoms with Gasteiger partial charge in [0.2, 0.25) is 5.88 Å². The maximum absolute atomic E-state index is 6.24. The lowest BCUT2D eigenvalue weighted by Crippen LogP contribution is -2.15. The molecule has 26 heavy (non-hydrogen) atoms. The second-order valence-electron chi connectivity index (χ2n) is 7.26. The molecule has 0 unspecified atom stereocenters. The molecule has 0 N–H and O–H groups in total. The fourth-order valence-electron chi connectivity index (χ4n) is 3.85. The highest BCUT2D eigenvalue weighted by atomic mass is 16.5. The number of nitrogens with zero attached hydrogens (tertiary/aromatic N) is 3. The molecule has 0 aliphatic rings. The molecular weight excluding hydrogens is 322 g/mol. The van der Waals surface area contributed by atoms with Gasteiger partial charge in [0.05, 0.1) is 0 Å². The summed E-state index contributed by atoms with van der Waals surface area (Å²) < 4.78 is 8.34. The van der Waals surface area contributed by atoms with Gasteiger partial charge in [-0.05, 0) is 57.2 Å². The molecule has 0 aliphatic carbocycles. The highest BCUT2D eigenvalue weighted by Gasteiger charge is 2.20. The van der Waals surface area contributed by atoms with E-state index in [-0.39, 0.29) is 6.10 Å². The van der Waals surface area contributed by atoms with Crippen molar-refractivity contribution >= 4 is 11.0 Å². The first-order valence-electron chi connectivity index (χ1n) is 9.44. The maximum Gasteiger partial charge on any atom is 0.242 e. The number of fused-ring (bicyclic) bond motifs is 1. The van der Waals surface area contributed by atoms with E-state index in [1.54, 1.807) is 0 Å². The van der Waals surface area contributed by atoms with Crippen molar-refractivity contribution in [1.29, 1.82) is 0 Å². The van der Waals surface area contributed by atoms with Crippen molar-refractivity contribution in [3.8, 4) is 17.0 Å². The molecule has 3 rings (SSSR count). The van der Waals surface area contributed by atoms with Crippen molar-refractivity contribution in [3.63, 3.8) is 0 Å². The summed E-state index contributed by atoms with van der Waals surface area (Å²) in [6.45, 7) is 12.7. The van der Waals surface area contributed by atoms with E-state index in [0.29, 0.717) is 5.88 Å². The molecule has 0 amide bonds. The van der Waals surface area contributed by atoms with Crippen molar-refractivity contribution in [3.05, 3.63) is 40.8 Å². The third kappa shape index (κ3) is 3.20. The smallest absolute Gasteiger partial charge is 0.242 e. The number of hydrogen-bond acceptors (Lipinski definition) is 3. The second kappa shape index (κ2) is 7.10. The number of rotatable bonds is 5. The number of ether oxygens (including phenoxy) is 1. The lowest BCUT2D eigenvalue weighted by atomic mass is 9.95. The van der Waals surface area contributed by atoms with E-state index < -0.39 is 0 Å². The van der Waals surface area contributed by atoms with Gasteiger partial charge in [-0.25, -0.2) is 4.98 Å². The molecule has 0 aliphatic heterocycles. The summed E-state index contributed by atoms with van der Waals surface area (Å²) in [7, 11) is 2.04. The van der Waals surface area contributed by atoms with Gasteiger partial charge >= 0.3 is 0 Å². The molecule has 0 atom stereocenters. The molecule has 0 bridgehead atoms. The minimum absolute atomic E-state index is 0.175. The fraction of sp³-hybridized carbons (Fsp3) is 0.455. The molecule has 0 saturated heterocycles. The zero-order valence-electron chi connectivity index (χ0n) is 17.0. The van der Waals surface area contributed by atoms with Crippen LogP contribution in [-0.4, -0.2) is 20.6 Å². The highest BCUT2D eigenvalue weighted by molar-refractivity contribution is 5.97. The topological polar surface area (TPSA) is 39.9 Å². The summed E-state index contributed by atoms with van der Waals surface area (Å²) in [5.74, 6) is 1.44. The SMILES string of the molecule is CCC(CC)Oc1nc(C)nc2c(-c3c(C)cc(C)cc3C)cn(C)c12. The standard InChI is InChI=1S/C22H29N3O/c1-8-17(9-2)26-22-21-20(23-16(6)24-22)18(12-25(21)7)19-14(4)10-13(3)11-15(19)5/h10-12,17H,8-9H2,1-7H3. The van der Waals surface area contributed by atoms with E-state index in [4.69, 9.17) is 9.72 Å². The van der Waals surface area contributed by atoms with E-state index in [0.717, 1.165) is 35.3 Å². The summed E-state index contributed by atoms with van der Waals surface area (Å²) in [4.78, 5) is 9.39. The first-order valence-corrected chi connectivity index (χ1v) is 9.44. The van der Waals surface area contributed by atoms with Crippen molar-refractivity contribution in [1.82, 2.24) is 14.5 Å². The summed E-state index contributed by atoms with van der Waals surface area (Å²) in [5.41, 5.74) is 8.17. The van der Waals surface area contributed by atoms with E-state index in [1.807, 2.05) is 14.0 Å². The summed E-state index contributed by atoms with van der Waals surface area (Å²) >= 11 is 0. The van der Waals surface area contributed by atoms with Crippen LogP contribution in [0, 0.1) is 27.7 Å². The molecule has 4 nitrogen and oxygen atoms in total. The van der Waals surface area contributed by atoms with Crippen molar-refractivity contribution < 1.29 is 4.74 Å². The van der Waals surface area contributed by atoms with Crippen LogP contribution in [-0.2, 0) is 7.05 Å². The molecule has 2 aromatic heterocycles. The van der Waals surface area contributed by atoms with Gasteiger partial charge in [0.25, 0.3) is 0 Å². The monoisotopic (exact) mass is 351 g/mol. The van der Waals surface area contributed by atoms with Gasteiger partial charge in [0, 0.05) is 18.8 Å². The number of hydrogen-bond donors (Lipinski definition) is 0. The van der Waals surface area contributed by atoms with Crippen molar-refractivity contribution in [2.75, 3.05) is 0 Å². The molecule has 0 saturated carbocycles. The zero-order chi connectivity index (χ0) is 19.0. The normalized spacial score (nSPS) is 11.5. The van der Waals surface area contributed by atoms with Crippen molar-refractivity contribution in [2.24, 2.45) is 7.05 Å². The van der Waals surface area contributed by atoms with Crippen LogP contribution >= 0.6 is 0 Å². The Morgan fingerprint density at radius 2 is 1.62 bits per heavy atom. The Labute approximate surface area is 156 Å². The predicted octanol–water partition coefficient (Wildman–Crippen LogP) is 5.44. The Kier molecular flexibility index (Phi) is 5.03. The Morgan fingerprint density at radius 1 is 1.00 bits per heavy atom. The molecule has 1 aromatic carbocycles. The first-order chi connectivity index (χ1) is 12.3. The van der Waals surface area contributed by atoms with Crippen LogP contribution < -0.4 is 4.74 Å². The number of benzene rings is 1. The number of aromatic nitrogens is 3. The van der Waals surface area contributed by atoms with E-state index in [1.165, 1.54) is 22.3 Å². The minimum atomic E-state index is 0.175. The molecule has 4 heteroatoms. The van der Waals surface area contributed by atoms with Gasteiger partial charge < -0.3 is 9.30 Å². The lowest BCUT2D eigenvalue weighted by molar-refractivity contribution is 0.186. The molecular formula is C22H29N3O. The van der Waals surface area contributed by atoms with Crippen molar-refractivity contribution in [2.45, 2.75) is 60.5 Å². The van der Waals surface area contributed by atoms with Gasteiger partial charge in [-0.3, -0.25) is 0 Å². The molecule has 0 radical (unpaired) electrons. The Morgan fingerprint density at radius 3 is 2.19 bits per heavy atom. The quantitative estimate of drug-likeness (QED) is 0.615. The zero-order valence-corrected chi connectivity index (χ0v) is 17.0. The molecule has 138 valence electrons. The molecule has 3 aromatic rings. The van der Waals surface area contributed by atoms with E-state index in [2.05, 4.69) is 62.5 Å². The Hall–Kier alpha value is -2.36. The van der Waals surface area contributed by atoms with E-state index in [9.17, 15) is 0 Å². The van der Waals surface area contributed by atoms with Gasteiger partial charge in [-0.2, -0.15) is 4.98 Å². The predicted molar refractivity (Wildman–Crippen MR) is 108 cm³/mol. The van der Waals surface area contributed by atoms with Gasteiger partial charge in [0.15, 0.2) is 0 Å². The number of aryl methyl sites for hydroxylation is 5. The van der Waals surface area contributed by atoms with Crippen LogP contribution in [0.3, 0.4) is 0 Å². The molecule has 2 heterocycles. The summed E-state index contributed by atoms with van der Waals surface area (Å²) in [6.07, 6.45) is 4.26. The molecule has 0 fully saturated rings. The largest absolute Gasteiger partial charge is 0.473 e. The van der Waals surface area contributed by atoms with Crippen LogP contribution in [0.2, 0.25) is 0 Å². The second-order valence-corrected chi connectivity index (χ2v) is 7.26. The van der Waals surface area contributed by atoms with E-state index >= 15 is 0 Å². The fourth-order valence-corrected chi connectivity index (χ4v) is 3.85. The third-order valence-corrected chi connectivity index (χ3v) is 5.03. The average molecular weight is 351 g/mol. The molecule has 0 spiro atoms. The minimum Gasteiger partial charge on any atom is -0.473 e. The van der Waals surface area contributed by atoms with Crippen LogP contribution in [0.5, 0.6) is 5.88 Å². The van der Waals surface area contributed by atoms with Gasteiger partial charge in [-0.1, -0.05) is 31.5 Å². The van der Waals surface area contributed by atoms with Crippen LogP contribution in [0.4, 0.5) is 0 Å². The van der Waals surface area contributed by atoms with Crippen LogP contribution in [0.1, 0.15) is 49.2 Å². The summed E-state index contributed by atoms with van der Waals surface area (Å²) in [6, 6.07) is 4.47. The first kappa shape index (κ1) is 18.4. The summed E-state index contributed by atoms with van der Waals surface area (Å²) in [5, 5.41) is 0.